The van der Waals surface area contributed by atoms with Crippen LogP contribution in [0.5, 0.6) is 0 Å². The van der Waals surface area contributed by atoms with Crippen molar-refractivity contribution in [3.8, 4) is 0 Å². The van der Waals surface area contributed by atoms with Crippen molar-refractivity contribution in [1.82, 2.24) is 9.55 Å². The third-order valence-electron chi connectivity index (χ3n) is 4.24. The number of carbonyl (C=O) groups is 1. The largest absolute Gasteiger partial charge is 0.461 e. The third kappa shape index (κ3) is 3.14. The molecule has 0 aromatic carbocycles. The van der Waals surface area contributed by atoms with Crippen LogP contribution in [0.1, 0.15) is 55.8 Å². The van der Waals surface area contributed by atoms with Crippen molar-refractivity contribution in [2.75, 3.05) is 12.3 Å². The van der Waals surface area contributed by atoms with Gasteiger partial charge in [0.1, 0.15) is 11.6 Å². The number of esters is 1. The van der Waals surface area contributed by atoms with Gasteiger partial charge in [0.05, 0.1) is 6.61 Å². The maximum atomic E-state index is 11.8. The van der Waals surface area contributed by atoms with E-state index in [0.717, 1.165) is 18.3 Å². The maximum Gasteiger partial charge on any atom is 0.360 e. The number of anilines is 1. The fraction of sp³-hybridized carbons (Fsp3) is 0.733. The third-order valence-corrected chi connectivity index (χ3v) is 4.24. The summed E-state index contributed by atoms with van der Waals surface area (Å²) in [6.07, 6.45) is 5.02. The molecule has 1 saturated carbocycles. The zero-order valence-corrected chi connectivity index (χ0v) is 12.7. The standard InChI is InChI=1S/C15H25N3O2/c1-4-20-15(19)13-14(16)18(11(3)17-13)9-12-7-5-10(2)6-8-12/h10,12H,4-9,16H2,1-3H3. The van der Waals surface area contributed by atoms with E-state index in [2.05, 4.69) is 11.9 Å². The first kappa shape index (κ1) is 14.9. The molecule has 2 rings (SSSR count). The predicted octanol–water partition coefficient (Wildman–Crippen LogP) is 2.78. The Balaban J connectivity index is 2.10. The van der Waals surface area contributed by atoms with E-state index in [4.69, 9.17) is 10.5 Å². The second-order valence-electron chi connectivity index (χ2n) is 5.85. The molecule has 1 aromatic heterocycles. The summed E-state index contributed by atoms with van der Waals surface area (Å²) in [5, 5.41) is 0. The Hall–Kier alpha value is -1.52. The highest BCUT2D eigenvalue weighted by atomic mass is 16.5. The van der Waals surface area contributed by atoms with Crippen LogP contribution in [-0.2, 0) is 11.3 Å². The van der Waals surface area contributed by atoms with Crippen molar-refractivity contribution in [3.63, 3.8) is 0 Å². The lowest BCUT2D eigenvalue weighted by atomic mass is 9.83. The van der Waals surface area contributed by atoms with Gasteiger partial charge in [-0.15, -0.1) is 0 Å². The number of rotatable bonds is 4. The molecule has 1 aliphatic carbocycles. The number of nitrogens with zero attached hydrogens (tertiary/aromatic N) is 2. The number of hydrogen-bond donors (Lipinski definition) is 1. The summed E-state index contributed by atoms with van der Waals surface area (Å²) in [4.78, 5) is 16.1. The zero-order chi connectivity index (χ0) is 14.7. The van der Waals surface area contributed by atoms with E-state index in [1.54, 1.807) is 6.92 Å². The number of carbonyl (C=O) groups excluding carboxylic acids is 1. The minimum Gasteiger partial charge on any atom is -0.461 e. The number of aromatic nitrogens is 2. The van der Waals surface area contributed by atoms with Crippen molar-refractivity contribution < 1.29 is 9.53 Å². The summed E-state index contributed by atoms with van der Waals surface area (Å²) in [5.74, 6) is 2.28. The van der Waals surface area contributed by atoms with Gasteiger partial charge in [-0.3, -0.25) is 0 Å². The molecule has 0 saturated heterocycles. The van der Waals surface area contributed by atoms with E-state index >= 15 is 0 Å². The summed E-state index contributed by atoms with van der Waals surface area (Å²) in [6.45, 7) is 7.18. The molecule has 20 heavy (non-hydrogen) atoms. The number of ether oxygens (including phenoxy) is 1. The fourth-order valence-electron chi connectivity index (χ4n) is 2.93. The Morgan fingerprint density at radius 2 is 2.05 bits per heavy atom. The minimum atomic E-state index is -0.427. The normalized spacial score (nSPS) is 22.8. The first-order valence-corrected chi connectivity index (χ1v) is 7.52. The van der Waals surface area contributed by atoms with Gasteiger partial charge in [0.2, 0.25) is 0 Å². The van der Waals surface area contributed by atoms with Crippen molar-refractivity contribution in [2.24, 2.45) is 11.8 Å². The number of hydrogen-bond acceptors (Lipinski definition) is 4. The predicted molar refractivity (Wildman–Crippen MR) is 78.5 cm³/mol. The summed E-state index contributed by atoms with van der Waals surface area (Å²) < 4.78 is 6.95. The number of imidazole rings is 1. The van der Waals surface area contributed by atoms with Gasteiger partial charge < -0.3 is 15.0 Å². The molecule has 5 nitrogen and oxygen atoms in total. The van der Waals surface area contributed by atoms with Gasteiger partial charge in [0, 0.05) is 6.54 Å². The number of aryl methyl sites for hydroxylation is 1. The lowest BCUT2D eigenvalue weighted by Crippen LogP contribution is -2.19. The van der Waals surface area contributed by atoms with E-state index in [-0.39, 0.29) is 5.69 Å². The molecule has 0 unspecified atom stereocenters. The van der Waals surface area contributed by atoms with Gasteiger partial charge >= 0.3 is 5.97 Å². The molecule has 0 radical (unpaired) electrons. The summed E-state index contributed by atoms with van der Waals surface area (Å²) in [6, 6.07) is 0. The van der Waals surface area contributed by atoms with E-state index in [1.165, 1.54) is 25.7 Å². The lowest BCUT2D eigenvalue weighted by Gasteiger charge is -2.27. The van der Waals surface area contributed by atoms with Gasteiger partial charge in [-0.1, -0.05) is 19.8 Å². The molecular weight excluding hydrogens is 254 g/mol. The Bertz CT molecular complexity index is 474. The SMILES string of the molecule is CCOC(=O)c1nc(C)n(CC2CCC(C)CC2)c1N. The molecule has 2 N–H and O–H groups in total. The van der Waals surface area contributed by atoms with E-state index in [9.17, 15) is 4.79 Å². The van der Waals surface area contributed by atoms with Gasteiger partial charge in [-0.05, 0) is 38.5 Å². The number of nitrogens with two attached hydrogens (primary N) is 1. The summed E-state index contributed by atoms with van der Waals surface area (Å²) in [5.41, 5.74) is 6.34. The molecule has 112 valence electrons. The highest BCUT2D eigenvalue weighted by Crippen LogP contribution is 2.30. The molecule has 5 heteroatoms. The van der Waals surface area contributed by atoms with Crippen molar-refractivity contribution in [3.05, 3.63) is 11.5 Å². The monoisotopic (exact) mass is 279 g/mol. The molecule has 0 atom stereocenters. The quantitative estimate of drug-likeness (QED) is 0.860. The number of nitrogen functional groups attached to an aromatic ring is 1. The highest BCUT2D eigenvalue weighted by molar-refractivity contribution is 5.92. The van der Waals surface area contributed by atoms with Crippen LogP contribution >= 0.6 is 0 Å². The fourth-order valence-corrected chi connectivity index (χ4v) is 2.93. The molecule has 0 amide bonds. The Morgan fingerprint density at radius 3 is 2.65 bits per heavy atom. The molecule has 1 heterocycles. The van der Waals surface area contributed by atoms with Gasteiger partial charge in [-0.25, -0.2) is 9.78 Å². The van der Waals surface area contributed by atoms with Crippen molar-refractivity contribution >= 4 is 11.8 Å². The van der Waals surface area contributed by atoms with Crippen LogP contribution in [0.2, 0.25) is 0 Å². The van der Waals surface area contributed by atoms with Crippen LogP contribution < -0.4 is 5.73 Å². The average Bonchev–Trinajstić information content (AvgIpc) is 2.69. The summed E-state index contributed by atoms with van der Waals surface area (Å²) in [7, 11) is 0. The van der Waals surface area contributed by atoms with Crippen LogP contribution in [0.15, 0.2) is 0 Å². The van der Waals surface area contributed by atoms with Crippen LogP contribution in [0.3, 0.4) is 0 Å². The van der Waals surface area contributed by atoms with Crippen LogP contribution in [-0.4, -0.2) is 22.1 Å². The second kappa shape index (κ2) is 6.29. The topological polar surface area (TPSA) is 70.1 Å². The van der Waals surface area contributed by atoms with Crippen LogP contribution in [0.25, 0.3) is 0 Å². The van der Waals surface area contributed by atoms with E-state index in [1.807, 2.05) is 11.5 Å². The molecular formula is C15H25N3O2. The van der Waals surface area contributed by atoms with Crippen molar-refractivity contribution in [1.29, 1.82) is 0 Å². The Kier molecular flexibility index (Phi) is 4.68. The van der Waals surface area contributed by atoms with Crippen LogP contribution in [0, 0.1) is 18.8 Å². The Morgan fingerprint density at radius 1 is 1.40 bits per heavy atom. The first-order valence-electron chi connectivity index (χ1n) is 7.52. The molecule has 0 bridgehead atoms. The van der Waals surface area contributed by atoms with Gasteiger partial charge in [0.25, 0.3) is 0 Å². The van der Waals surface area contributed by atoms with Crippen molar-refractivity contribution in [2.45, 2.75) is 53.0 Å². The van der Waals surface area contributed by atoms with E-state index < -0.39 is 5.97 Å². The van der Waals surface area contributed by atoms with Gasteiger partial charge in [0.15, 0.2) is 5.69 Å². The molecule has 1 aliphatic rings. The maximum absolute atomic E-state index is 11.8. The summed E-state index contributed by atoms with van der Waals surface area (Å²) >= 11 is 0. The van der Waals surface area contributed by atoms with Crippen LogP contribution in [0.4, 0.5) is 5.82 Å². The molecule has 1 aromatic rings. The zero-order valence-electron chi connectivity index (χ0n) is 12.7. The van der Waals surface area contributed by atoms with E-state index in [0.29, 0.717) is 18.3 Å². The lowest BCUT2D eigenvalue weighted by molar-refractivity contribution is 0.0521. The Labute approximate surface area is 120 Å². The average molecular weight is 279 g/mol. The second-order valence-corrected chi connectivity index (χ2v) is 5.85. The molecule has 0 spiro atoms. The highest BCUT2D eigenvalue weighted by Gasteiger charge is 2.23. The minimum absolute atomic E-state index is 0.258. The first-order chi connectivity index (χ1) is 9.52. The molecule has 1 fully saturated rings. The molecule has 0 aliphatic heterocycles. The van der Waals surface area contributed by atoms with Gasteiger partial charge in [-0.2, -0.15) is 0 Å². The smallest absolute Gasteiger partial charge is 0.360 e.